The highest BCUT2D eigenvalue weighted by molar-refractivity contribution is 7.18. The van der Waals surface area contributed by atoms with Gasteiger partial charge in [0.1, 0.15) is 22.8 Å². The molecule has 0 saturated heterocycles. The van der Waals surface area contributed by atoms with Gasteiger partial charge in [-0.25, -0.2) is 14.4 Å². The first kappa shape index (κ1) is 19.3. The molecule has 1 aliphatic heterocycles. The predicted octanol–water partition coefficient (Wildman–Crippen LogP) is 5.01. The standard InChI is InChI=1S/C24H21FN6S/c25-17-4-1-3-15(9-17)13-31-20-7-6-18(10-16(20)11-29-31)30-23-22-19-5-2-8-26-12-21(19)32-24(22)28-14-27-23/h1,3-4,6-7,9-11,14,26H,2,5,8,12-13H2,(H,27,28,30). The third kappa shape index (κ3) is 3.51. The highest BCUT2D eigenvalue weighted by Crippen LogP contribution is 2.36. The zero-order valence-corrected chi connectivity index (χ0v) is 18.1. The number of hydrogen-bond donors (Lipinski definition) is 2. The Balaban J connectivity index is 1.33. The van der Waals surface area contributed by atoms with Crippen molar-refractivity contribution in [3.63, 3.8) is 0 Å². The lowest BCUT2D eigenvalue weighted by molar-refractivity contribution is 0.621. The van der Waals surface area contributed by atoms with Gasteiger partial charge in [-0.15, -0.1) is 11.3 Å². The number of halogens is 1. The van der Waals surface area contributed by atoms with Crippen molar-refractivity contribution in [3.05, 3.63) is 76.8 Å². The maximum absolute atomic E-state index is 13.5. The van der Waals surface area contributed by atoms with E-state index >= 15 is 0 Å². The number of benzene rings is 2. The van der Waals surface area contributed by atoms with Crippen LogP contribution in [0.3, 0.4) is 0 Å². The number of aryl methyl sites for hydroxylation is 1. The van der Waals surface area contributed by atoms with Crippen molar-refractivity contribution >= 4 is 44.0 Å². The van der Waals surface area contributed by atoms with Crippen LogP contribution in [0.15, 0.2) is 55.0 Å². The largest absolute Gasteiger partial charge is 0.340 e. The van der Waals surface area contributed by atoms with Crippen LogP contribution in [-0.2, 0) is 19.5 Å². The Morgan fingerprint density at radius 3 is 3.06 bits per heavy atom. The Morgan fingerprint density at radius 1 is 1.16 bits per heavy atom. The van der Waals surface area contributed by atoms with E-state index in [1.807, 2.05) is 29.1 Å². The van der Waals surface area contributed by atoms with Gasteiger partial charge in [0.25, 0.3) is 0 Å². The number of thiophene rings is 1. The van der Waals surface area contributed by atoms with Crippen molar-refractivity contribution < 1.29 is 4.39 Å². The molecule has 0 radical (unpaired) electrons. The molecular formula is C24H21FN6S. The van der Waals surface area contributed by atoms with E-state index in [0.717, 1.165) is 64.1 Å². The molecule has 0 atom stereocenters. The van der Waals surface area contributed by atoms with Crippen LogP contribution in [0.25, 0.3) is 21.1 Å². The summed E-state index contributed by atoms with van der Waals surface area (Å²) in [6.45, 7) is 2.46. The Labute approximate surface area is 188 Å². The third-order valence-electron chi connectivity index (χ3n) is 5.86. The first-order valence-corrected chi connectivity index (χ1v) is 11.5. The molecule has 2 N–H and O–H groups in total. The van der Waals surface area contributed by atoms with Crippen LogP contribution in [0.4, 0.5) is 15.9 Å². The van der Waals surface area contributed by atoms with Crippen LogP contribution in [0, 0.1) is 5.82 Å². The summed E-state index contributed by atoms with van der Waals surface area (Å²) in [6, 6.07) is 12.8. The lowest BCUT2D eigenvalue weighted by atomic mass is 10.1. The van der Waals surface area contributed by atoms with Gasteiger partial charge in [0, 0.05) is 22.5 Å². The van der Waals surface area contributed by atoms with E-state index in [-0.39, 0.29) is 5.82 Å². The summed E-state index contributed by atoms with van der Waals surface area (Å²) in [4.78, 5) is 11.5. The molecule has 0 spiro atoms. The lowest BCUT2D eigenvalue weighted by Gasteiger charge is -2.09. The van der Waals surface area contributed by atoms with Crippen LogP contribution in [0.5, 0.6) is 0 Å². The van der Waals surface area contributed by atoms with Crippen LogP contribution < -0.4 is 10.6 Å². The van der Waals surface area contributed by atoms with Crippen LogP contribution in [0.1, 0.15) is 22.4 Å². The van der Waals surface area contributed by atoms with Crippen molar-refractivity contribution in [2.75, 3.05) is 11.9 Å². The Kier molecular flexibility index (Phi) is 4.81. The molecule has 3 aromatic heterocycles. The molecule has 0 amide bonds. The van der Waals surface area contributed by atoms with Crippen molar-refractivity contribution in [1.29, 1.82) is 0 Å². The van der Waals surface area contributed by atoms with Gasteiger partial charge in [0.05, 0.1) is 23.6 Å². The minimum Gasteiger partial charge on any atom is -0.340 e. The number of nitrogens with zero attached hydrogens (tertiary/aromatic N) is 4. The molecule has 0 unspecified atom stereocenters. The fourth-order valence-corrected chi connectivity index (χ4v) is 5.52. The van der Waals surface area contributed by atoms with Crippen molar-refractivity contribution in [2.24, 2.45) is 0 Å². The summed E-state index contributed by atoms with van der Waals surface area (Å²) in [5, 5.41) is 13.7. The lowest BCUT2D eigenvalue weighted by Crippen LogP contribution is -2.11. The molecule has 0 saturated carbocycles. The SMILES string of the molecule is Fc1cccc(Cn2ncc3cc(Nc4ncnc5sc6c(c45)CCCNC6)ccc32)c1. The number of rotatable bonds is 4. The Hall–Kier alpha value is -3.36. The van der Waals surface area contributed by atoms with E-state index < -0.39 is 0 Å². The molecule has 8 heteroatoms. The number of fused-ring (bicyclic) bond motifs is 4. The van der Waals surface area contributed by atoms with Crippen molar-refractivity contribution in [3.8, 4) is 0 Å². The number of aromatic nitrogens is 4. The first-order valence-electron chi connectivity index (χ1n) is 10.7. The van der Waals surface area contributed by atoms with Gasteiger partial charge in [-0.1, -0.05) is 12.1 Å². The number of anilines is 2. The van der Waals surface area contributed by atoms with Crippen molar-refractivity contribution in [1.82, 2.24) is 25.1 Å². The van der Waals surface area contributed by atoms with Gasteiger partial charge in [0.15, 0.2) is 0 Å². The van der Waals surface area contributed by atoms with Crippen LogP contribution in [0.2, 0.25) is 0 Å². The summed E-state index contributed by atoms with van der Waals surface area (Å²) in [5.74, 6) is 0.615. The van der Waals surface area contributed by atoms with Gasteiger partial charge in [-0.3, -0.25) is 4.68 Å². The summed E-state index contributed by atoms with van der Waals surface area (Å²) < 4.78 is 15.4. The average molecular weight is 445 g/mol. The average Bonchev–Trinajstić information content (AvgIpc) is 3.27. The number of hydrogen-bond acceptors (Lipinski definition) is 6. The van der Waals surface area contributed by atoms with E-state index in [9.17, 15) is 4.39 Å². The summed E-state index contributed by atoms with van der Waals surface area (Å²) in [5.41, 5.74) is 4.20. The zero-order valence-electron chi connectivity index (χ0n) is 17.3. The minimum absolute atomic E-state index is 0.233. The number of nitrogens with one attached hydrogen (secondary N) is 2. The quantitative estimate of drug-likeness (QED) is 0.408. The van der Waals surface area contributed by atoms with E-state index in [1.54, 1.807) is 29.8 Å². The molecule has 160 valence electrons. The predicted molar refractivity (Wildman–Crippen MR) is 126 cm³/mol. The smallest absolute Gasteiger partial charge is 0.142 e. The zero-order chi connectivity index (χ0) is 21.5. The second-order valence-corrected chi connectivity index (χ2v) is 9.10. The summed E-state index contributed by atoms with van der Waals surface area (Å²) >= 11 is 1.75. The molecule has 32 heavy (non-hydrogen) atoms. The molecule has 6 rings (SSSR count). The molecule has 2 aromatic carbocycles. The summed E-state index contributed by atoms with van der Waals surface area (Å²) in [6.07, 6.45) is 5.63. The summed E-state index contributed by atoms with van der Waals surface area (Å²) in [7, 11) is 0. The van der Waals surface area contributed by atoms with Crippen LogP contribution >= 0.6 is 11.3 Å². The monoisotopic (exact) mass is 444 g/mol. The highest BCUT2D eigenvalue weighted by atomic mass is 32.1. The van der Waals surface area contributed by atoms with E-state index in [0.29, 0.717) is 6.54 Å². The van der Waals surface area contributed by atoms with Gasteiger partial charge in [-0.05, 0) is 60.8 Å². The maximum atomic E-state index is 13.5. The normalized spacial score (nSPS) is 13.9. The second-order valence-electron chi connectivity index (χ2n) is 8.02. The van der Waals surface area contributed by atoms with Gasteiger partial charge in [0.2, 0.25) is 0 Å². The maximum Gasteiger partial charge on any atom is 0.142 e. The Morgan fingerprint density at radius 2 is 2.12 bits per heavy atom. The van der Waals surface area contributed by atoms with Gasteiger partial charge in [-0.2, -0.15) is 5.10 Å². The van der Waals surface area contributed by atoms with Gasteiger partial charge < -0.3 is 10.6 Å². The van der Waals surface area contributed by atoms with Crippen LogP contribution in [-0.4, -0.2) is 26.3 Å². The fourth-order valence-electron chi connectivity index (χ4n) is 4.37. The minimum atomic E-state index is -0.233. The molecular weight excluding hydrogens is 423 g/mol. The topological polar surface area (TPSA) is 67.7 Å². The van der Waals surface area contributed by atoms with Gasteiger partial charge >= 0.3 is 0 Å². The molecule has 0 aliphatic carbocycles. The molecule has 4 heterocycles. The molecule has 0 fully saturated rings. The fraction of sp³-hybridized carbons (Fsp3) is 0.208. The van der Waals surface area contributed by atoms with E-state index in [2.05, 4.69) is 31.8 Å². The molecule has 6 nitrogen and oxygen atoms in total. The van der Waals surface area contributed by atoms with E-state index in [4.69, 9.17) is 0 Å². The first-order chi connectivity index (χ1) is 15.7. The molecule has 0 bridgehead atoms. The Bertz CT molecular complexity index is 1440. The van der Waals surface area contributed by atoms with E-state index in [1.165, 1.54) is 16.5 Å². The highest BCUT2D eigenvalue weighted by Gasteiger charge is 2.19. The third-order valence-corrected chi connectivity index (χ3v) is 7.00. The molecule has 1 aliphatic rings. The van der Waals surface area contributed by atoms with Crippen molar-refractivity contribution in [2.45, 2.75) is 25.9 Å². The second kappa shape index (κ2) is 7.96. The molecule has 5 aromatic rings.